The topological polar surface area (TPSA) is 81.8 Å². The van der Waals surface area contributed by atoms with Crippen LogP contribution >= 0.6 is 15.9 Å². The summed E-state index contributed by atoms with van der Waals surface area (Å²) in [6, 6.07) is 8.24. The van der Waals surface area contributed by atoms with Crippen molar-refractivity contribution in [3.8, 4) is 0 Å². The number of benzene rings is 1. The van der Waals surface area contributed by atoms with Crippen LogP contribution in [0.15, 0.2) is 35.2 Å². The fraction of sp³-hybridized carbons (Fsp3) is 0.588. The number of halogens is 1. The van der Waals surface area contributed by atoms with Crippen molar-refractivity contribution in [1.29, 1.82) is 0 Å². The van der Waals surface area contributed by atoms with Crippen molar-refractivity contribution in [1.82, 2.24) is 20.1 Å². The zero-order valence-electron chi connectivity index (χ0n) is 14.9. The normalized spacial score (nSPS) is 27.8. The molecule has 0 radical (unpaired) electrons. The summed E-state index contributed by atoms with van der Waals surface area (Å²) in [5, 5.41) is 0. The summed E-state index contributed by atoms with van der Waals surface area (Å²) in [7, 11) is -3.50. The number of rotatable bonds is 4. The molecule has 3 rings (SSSR count). The smallest absolute Gasteiger partial charge is 0.243 e. The summed E-state index contributed by atoms with van der Waals surface area (Å²) in [5.74, 6) is 0.386. The Morgan fingerprint density at radius 3 is 2.27 bits per heavy atom. The minimum absolute atomic E-state index is 0.000663. The van der Waals surface area contributed by atoms with Crippen molar-refractivity contribution in [2.75, 3.05) is 26.2 Å². The van der Waals surface area contributed by atoms with Gasteiger partial charge in [0.25, 0.3) is 0 Å². The number of hydrogen-bond acceptors (Lipinski definition) is 5. The molecule has 7 nitrogen and oxygen atoms in total. The molecule has 0 spiro atoms. The van der Waals surface area contributed by atoms with Crippen LogP contribution in [-0.2, 0) is 14.8 Å². The highest BCUT2D eigenvalue weighted by molar-refractivity contribution is 9.09. The molecule has 1 aromatic carbocycles. The number of amides is 1. The van der Waals surface area contributed by atoms with Crippen molar-refractivity contribution in [3.63, 3.8) is 0 Å². The summed E-state index contributed by atoms with van der Waals surface area (Å²) < 4.78 is 26.8. The Kier molecular flexibility index (Phi) is 6.03. The molecule has 3 unspecified atom stereocenters. The van der Waals surface area contributed by atoms with Gasteiger partial charge in [0, 0.05) is 32.2 Å². The van der Waals surface area contributed by atoms with Crippen LogP contribution in [0.4, 0.5) is 0 Å². The van der Waals surface area contributed by atoms with Crippen molar-refractivity contribution >= 4 is 31.9 Å². The van der Waals surface area contributed by atoms with Crippen LogP contribution in [-0.4, -0.2) is 66.6 Å². The predicted molar refractivity (Wildman–Crippen MR) is 103 cm³/mol. The van der Waals surface area contributed by atoms with Crippen molar-refractivity contribution < 1.29 is 13.2 Å². The monoisotopic (exact) mass is 444 g/mol. The minimum Gasteiger partial charge on any atom is -0.339 e. The van der Waals surface area contributed by atoms with Crippen LogP contribution in [0.2, 0.25) is 0 Å². The van der Waals surface area contributed by atoms with Gasteiger partial charge in [-0.05, 0) is 18.1 Å². The lowest BCUT2D eigenvalue weighted by molar-refractivity contribution is -0.134. The first-order valence-corrected chi connectivity index (χ1v) is 11.2. The van der Waals surface area contributed by atoms with Crippen LogP contribution in [0.3, 0.4) is 0 Å². The fourth-order valence-corrected chi connectivity index (χ4v) is 5.92. The van der Waals surface area contributed by atoms with E-state index in [1.54, 1.807) is 35.2 Å². The molecule has 2 aliphatic rings. The van der Waals surface area contributed by atoms with Gasteiger partial charge in [-0.25, -0.2) is 13.8 Å². The second-order valence-electron chi connectivity index (χ2n) is 7.02. The van der Waals surface area contributed by atoms with Gasteiger partial charge in [0.2, 0.25) is 15.9 Å². The van der Waals surface area contributed by atoms with E-state index in [2.05, 4.69) is 40.6 Å². The molecule has 2 N–H and O–H groups in total. The SMILES string of the molecule is CC(C)C1NNC(C(=O)N2CCN(S(=O)(=O)c3ccccc3)CC2)C1Br. The Bertz CT molecular complexity index is 736. The fourth-order valence-electron chi connectivity index (χ4n) is 3.37. The van der Waals surface area contributed by atoms with E-state index >= 15 is 0 Å². The molecule has 2 saturated heterocycles. The van der Waals surface area contributed by atoms with Gasteiger partial charge in [0.15, 0.2) is 0 Å². The Morgan fingerprint density at radius 2 is 1.73 bits per heavy atom. The highest BCUT2D eigenvalue weighted by Gasteiger charge is 2.42. The first kappa shape index (κ1) is 19.8. The number of carbonyl (C=O) groups is 1. The molecular formula is C17H25BrN4O3S. The van der Waals surface area contributed by atoms with Crippen LogP contribution in [0.1, 0.15) is 13.8 Å². The molecule has 26 heavy (non-hydrogen) atoms. The maximum Gasteiger partial charge on any atom is 0.243 e. The third-order valence-corrected chi connectivity index (χ3v) is 7.99. The summed E-state index contributed by atoms with van der Waals surface area (Å²) in [6.45, 7) is 5.62. The summed E-state index contributed by atoms with van der Waals surface area (Å²) in [5.41, 5.74) is 6.26. The number of hydrazine groups is 1. The number of hydrogen-bond donors (Lipinski definition) is 2. The highest BCUT2D eigenvalue weighted by atomic mass is 79.9. The largest absolute Gasteiger partial charge is 0.339 e. The summed E-state index contributed by atoms with van der Waals surface area (Å²) >= 11 is 3.63. The maximum absolute atomic E-state index is 12.8. The van der Waals surface area contributed by atoms with Crippen LogP contribution in [0, 0.1) is 5.92 Å². The third kappa shape index (κ3) is 3.82. The Hall–Kier alpha value is -1.00. The summed E-state index contributed by atoms with van der Waals surface area (Å²) in [4.78, 5) is 14.9. The Morgan fingerprint density at radius 1 is 1.12 bits per heavy atom. The van der Waals surface area contributed by atoms with Gasteiger partial charge in [-0.3, -0.25) is 10.2 Å². The standard InChI is InChI=1S/C17H25BrN4O3S/c1-12(2)15-14(18)16(20-19-15)17(23)21-8-10-22(11-9-21)26(24,25)13-6-4-3-5-7-13/h3-7,12,14-16,19-20H,8-11H2,1-2H3. The van der Waals surface area contributed by atoms with Gasteiger partial charge in [-0.15, -0.1) is 0 Å². The van der Waals surface area contributed by atoms with Gasteiger partial charge >= 0.3 is 0 Å². The lowest BCUT2D eigenvalue weighted by Gasteiger charge is -2.35. The number of carbonyl (C=O) groups excluding carboxylic acids is 1. The average molecular weight is 445 g/mol. The zero-order valence-corrected chi connectivity index (χ0v) is 17.3. The molecule has 2 aliphatic heterocycles. The Balaban J connectivity index is 1.61. The predicted octanol–water partition coefficient (Wildman–Crippen LogP) is 0.784. The molecule has 144 valence electrons. The molecule has 2 heterocycles. The van der Waals surface area contributed by atoms with E-state index in [-0.39, 0.29) is 22.8 Å². The number of alkyl halides is 1. The zero-order chi connectivity index (χ0) is 18.9. The minimum atomic E-state index is -3.50. The number of sulfonamides is 1. The van der Waals surface area contributed by atoms with Gasteiger partial charge in [-0.1, -0.05) is 48.0 Å². The first-order valence-electron chi connectivity index (χ1n) is 8.81. The van der Waals surface area contributed by atoms with E-state index < -0.39 is 10.0 Å². The molecule has 0 saturated carbocycles. The van der Waals surface area contributed by atoms with Crippen molar-refractivity contribution in [3.05, 3.63) is 30.3 Å². The molecule has 3 atom stereocenters. The molecule has 2 fully saturated rings. The van der Waals surface area contributed by atoms with E-state index in [9.17, 15) is 13.2 Å². The van der Waals surface area contributed by atoms with Crippen molar-refractivity contribution in [2.24, 2.45) is 5.92 Å². The van der Waals surface area contributed by atoms with E-state index in [1.807, 2.05) is 0 Å². The average Bonchev–Trinajstić information content (AvgIpc) is 3.03. The third-order valence-electron chi connectivity index (χ3n) is 4.98. The quantitative estimate of drug-likeness (QED) is 0.670. The van der Waals surface area contributed by atoms with Crippen LogP contribution in [0.25, 0.3) is 0 Å². The van der Waals surface area contributed by atoms with E-state index in [0.717, 1.165) is 0 Å². The van der Waals surface area contributed by atoms with Gasteiger partial charge in [-0.2, -0.15) is 4.31 Å². The molecule has 9 heteroatoms. The van der Waals surface area contributed by atoms with Gasteiger partial charge < -0.3 is 4.90 Å². The molecule has 1 aromatic rings. The lowest BCUT2D eigenvalue weighted by Crippen LogP contribution is -2.55. The van der Waals surface area contributed by atoms with E-state index in [1.165, 1.54) is 4.31 Å². The first-order chi connectivity index (χ1) is 12.3. The van der Waals surface area contributed by atoms with E-state index in [4.69, 9.17) is 0 Å². The number of piperazine rings is 1. The summed E-state index contributed by atoms with van der Waals surface area (Å²) in [6.07, 6.45) is 0. The molecule has 1 amide bonds. The number of nitrogens with zero attached hydrogens (tertiary/aromatic N) is 2. The Labute approximate surface area is 163 Å². The second kappa shape index (κ2) is 7.93. The van der Waals surface area contributed by atoms with Crippen LogP contribution in [0.5, 0.6) is 0 Å². The van der Waals surface area contributed by atoms with Crippen LogP contribution < -0.4 is 10.9 Å². The molecule has 0 aromatic heterocycles. The molecular weight excluding hydrogens is 420 g/mol. The second-order valence-corrected chi connectivity index (χ2v) is 10.0. The number of nitrogens with one attached hydrogen (secondary N) is 2. The molecule has 0 bridgehead atoms. The van der Waals surface area contributed by atoms with Gasteiger partial charge in [0.05, 0.1) is 9.72 Å². The van der Waals surface area contributed by atoms with Crippen molar-refractivity contribution in [2.45, 2.75) is 35.7 Å². The lowest BCUT2D eigenvalue weighted by atomic mass is 9.99. The van der Waals surface area contributed by atoms with Gasteiger partial charge in [0.1, 0.15) is 6.04 Å². The van der Waals surface area contributed by atoms with E-state index in [0.29, 0.717) is 37.0 Å². The molecule has 0 aliphatic carbocycles. The highest BCUT2D eigenvalue weighted by Crippen LogP contribution is 2.24. The maximum atomic E-state index is 12.8.